The Morgan fingerprint density at radius 3 is 1.34 bits per heavy atom. The van der Waals surface area contributed by atoms with E-state index < -0.39 is 12.2 Å². The number of piperazine rings is 2. The summed E-state index contributed by atoms with van der Waals surface area (Å²) in [4.78, 5) is 74.9. The van der Waals surface area contributed by atoms with Crippen molar-refractivity contribution >= 4 is 35.4 Å². The second-order valence-corrected chi connectivity index (χ2v) is 16.2. The van der Waals surface area contributed by atoms with Crippen LogP contribution >= 0.6 is 0 Å². The lowest BCUT2D eigenvalue weighted by molar-refractivity contribution is 0.101. The summed E-state index contributed by atoms with van der Waals surface area (Å²) in [5.41, 5.74) is 6.47. The number of pyridine rings is 4. The quantitative estimate of drug-likeness (QED) is 0.120. The topological polar surface area (TPSA) is 175 Å². The Balaban J connectivity index is 0.000000199. The van der Waals surface area contributed by atoms with Crippen molar-refractivity contribution in [2.75, 3.05) is 76.1 Å². The third-order valence-corrected chi connectivity index (χ3v) is 11.2. The van der Waals surface area contributed by atoms with Gasteiger partial charge in [-0.15, -0.1) is 0 Å². The van der Waals surface area contributed by atoms with Crippen molar-refractivity contribution in [2.45, 2.75) is 33.1 Å². The maximum absolute atomic E-state index is 12.5. The average Bonchev–Trinajstić information content (AvgIpc) is 3.35. The number of hydrogen-bond acceptors (Lipinski definition) is 12. The van der Waals surface area contributed by atoms with Crippen LogP contribution in [-0.2, 0) is 12.8 Å². The molecule has 2 aliphatic rings. The Bertz CT molecular complexity index is 2530. The number of nitrogens with one attached hydrogen (secondary N) is 2. The van der Waals surface area contributed by atoms with Crippen molar-refractivity contribution in [1.29, 1.82) is 0 Å². The zero-order valence-corrected chi connectivity index (χ0v) is 37.9. The molecule has 2 saturated heterocycles. The summed E-state index contributed by atoms with van der Waals surface area (Å²) in [6, 6.07) is 36.5. The molecular formula is C51H56N10O6. The summed E-state index contributed by atoms with van der Waals surface area (Å²) < 4.78 is 10.8. The summed E-state index contributed by atoms with van der Waals surface area (Å²) in [5.74, 6) is -0.0418. The van der Waals surface area contributed by atoms with Crippen molar-refractivity contribution in [2.24, 2.45) is 0 Å². The Kier molecular flexibility index (Phi) is 17.1. The molecule has 8 rings (SSSR count). The first kappa shape index (κ1) is 47.4. The first-order valence-electron chi connectivity index (χ1n) is 22.5. The van der Waals surface area contributed by atoms with E-state index in [2.05, 4.69) is 46.4 Å². The van der Waals surface area contributed by atoms with Crippen LogP contribution in [0.2, 0.25) is 0 Å². The van der Waals surface area contributed by atoms with Crippen molar-refractivity contribution < 1.29 is 28.7 Å². The predicted molar refractivity (Wildman–Crippen MR) is 255 cm³/mol. The maximum atomic E-state index is 12.5. The number of anilines is 2. The van der Waals surface area contributed by atoms with Crippen LogP contribution in [0.4, 0.5) is 21.0 Å². The number of nitrogens with zero attached hydrogens (tertiary/aromatic N) is 8. The second-order valence-electron chi connectivity index (χ2n) is 16.2. The number of carbonyl (C=O) groups is 4. The van der Waals surface area contributed by atoms with Crippen LogP contribution in [0.5, 0.6) is 11.8 Å². The van der Waals surface area contributed by atoms with Gasteiger partial charge in [-0.3, -0.25) is 29.4 Å². The third kappa shape index (κ3) is 15.0. The molecule has 16 heteroatoms. The fraction of sp³-hybridized carbons (Fsp3) is 0.294. The molecule has 0 bridgehead atoms. The second kappa shape index (κ2) is 24.1. The smallest absolute Gasteiger partial charge is 0.391 e. The van der Waals surface area contributed by atoms with Gasteiger partial charge < -0.3 is 29.9 Å². The number of rotatable bonds is 13. The van der Waals surface area contributed by atoms with Gasteiger partial charge in [-0.25, -0.2) is 19.6 Å². The number of benzene rings is 2. The van der Waals surface area contributed by atoms with Crippen LogP contribution in [-0.4, -0.2) is 129 Å². The summed E-state index contributed by atoms with van der Waals surface area (Å²) >= 11 is 0. The normalized spacial score (nSPS) is 14.0. The van der Waals surface area contributed by atoms with Crippen LogP contribution in [0.15, 0.2) is 134 Å². The largest absolute Gasteiger partial charge is 0.416 e. The summed E-state index contributed by atoms with van der Waals surface area (Å²) in [6.45, 7) is 11.6. The van der Waals surface area contributed by atoms with Crippen LogP contribution in [0.3, 0.4) is 0 Å². The van der Waals surface area contributed by atoms with E-state index in [0.717, 1.165) is 81.3 Å². The molecule has 6 heterocycles. The molecule has 2 N–H and O–H groups in total. The molecule has 6 aromatic rings. The lowest BCUT2D eigenvalue weighted by Gasteiger charge is -2.33. The van der Waals surface area contributed by atoms with Crippen molar-refractivity contribution in [3.8, 4) is 11.8 Å². The van der Waals surface area contributed by atoms with Gasteiger partial charge in [0, 0.05) is 111 Å². The minimum absolute atomic E-state index is 0.200. The van der Waals surface area contributed by atoms with Gasteiger partial charge in [-0.1, -0.05) is 48.5 Å². The van der Waals surface area contributed by atoms with E-state index in [1.165, 1.54) is 12.4 Å². The van der Waals surface area contributed by atoms with Crippen molar-refractivity contribution in [3.05, 3.63) is 168 Å². The maximum Gasteiger partial charge on any atom is 0.416 e. The molecule has 0 saturated carbocycles. The standard InChI is InChI=1S/C26H29N5O3.C25H27N5O3/c1-20-7-5-10-22(28-20)11-6-14-30-15-17-31(18-16-30)26(33)34-24-13-12-23(19-27-24)29-25(32)21-8-3-2-4-9-21;1-19-6-5-9-21(27-19)12-13-29-14-16-30(17-15-29)25(32)33-23-11-10-22(18-26-23)28-24(31)20-7-3-2-4-8-20/h2-5,7-10,12-13,19H,6,11,14-18H2,1H3,(H,29,32);2-11,18H,12-17H2,1H3,(H,28,31). The summed E-state index contributed by atoms with van der Waals surface area (Å²) in [5, 5.41) is 5.55. The van der Waals surface area contributed by atoms with Gasteiger partial charge in [0.05, 0.1) is 23.8 Å². The van der Waals surface area contributed by atoms with Gasteiger partial charge in [0.2, 0.25) is 11.8 Å². The van der Waals surface area contributed by atoms with Crippen molar-refractivity contribution in [1.82, 2.24) is 39.5 Å². The minimum atomic E-state index is -0.413. The van der Waals surface area contributed by atoms with Gasteiger partial charge in [0.25, 0.3) is 11.8 Å². The van der Waals surface area contributed by atoms with E-state index in [0.29, 0.717) is 48.7 Å². The van der Waals surface area contributed by atoms with Crippen LogP contribution < -0.4 is 20.1 Å². The van der Waals surface area contributed by atoms with Crippen LogP contribution in [0.25, 0.3) is 0 Å². The van der Waals surface area contributed by atoms with E-state index in [1.54, 1.807) is 82.6 Å². The van der Waals surface area contributed by atoms with Gasteiger partial charge in [-0.05, 0) is 93.9 Å². The molecule has 16 nitrogen and oxygen atoms in total. The molecule has 67 heavy (non-hydrogen) atoms. The Morgan fingerprint density at radius 2 is 0.925 bits per heavy atom. The van der Waals surface area contributed by atoms with E-state index in [4.69, 9.17) is 9.47 Å². The molecule has 4 aromatic heterocycles. The highest BCUT2D eigenvalue weighted by Crippen LogP contribution is 2.17. The van der Waals surface area contributed by atoms with Crippen molar-refractivity contribution in [3.63, 3.8) is 0 Å². The highest BCUT2D eigenvalue weighted by molar-refractivity contribution is 6.04. The molecule has 0 atom stereocenters. The molecule has 0 aliphatic carbocycles. The number of ether oxygens (including phenoxy) is 2. The van der Waals surface area contributed by atoms with Gasteiger partial charge in [0.15, 0.2) is 0 Å². The number of hydrogen-bond donors (Lipinski definition) is 2. The molecule has 4 amide bonds. The fourth-order valence-electron chi connectivity index (χ4n) is 7.46. The fourth-order valence-corrected chi connectivity index (χ4v) is 7.46. The van der Waals surface area contributed by atoms with E-state index in [1.807, 2.05) is 56.3 Å². The van der Waals surface area contributed by atoms with Gasteiger partial charge >= 0.3 is 12.2 Å². The van der Waals surface area contributed by atoms with Gasteiger partial charge in [0.1, 0.15) is 0 Å². The number of aryl methyl sites for hydroxylation is 3. The SMILES string of the molecule is Cc1cccc(CCCN2CCN(C(=O)Oc3ccc(NC(=O)c4ccccc4)cn3)CC2)n1.Cc1cccc(CCN2CCN(C(=O)Oc3ccc(NC(=O)c4ccccc4)cn3)CC2)n1. The molecule has 0 spiro atoms. The molecule has 2 aromatic carbocycles. The lowest BCUT2D eigenvalue weighted by atomic mass is 10.2. The molecule has 346 valence electrons. The zero-order valence-electron chi connectivity index (χ0n) is 37.9. The predicted octanol–water partition coefficient (Wildman–Crippen LogP) is 7.18. The van der Waals surface area contributed by atoms with E-state index in [9.17, 15) is 19.2 Å². The molecule has 0 unspecified atom stereocenters. The molecule has 2 fully saturated rings. The van der Waals surface area contributed by atoms with E-state index in [-0.39, 0.29) is 23.6 Å². The molecule has 0 radical (unpaired) electrons. The third-order valence-electron chi connectivity index (χ3n) is 11.2. The first-order valence-corrected chi connectivity index (χ1v) is 22.5. The number of carbonyl (C=O) groups excluding carboxylic acids is 4. The Hall–Kier alpha value is -7.56. The average molecular weight is 905 g/mol. The van der Waals surface area contributed by atoms with Crippen LogP contribution in [0.1, 0.15) is 49.9 Å². The Morgan fingerprint density at radius 1 is 0.493 bits per heavy atom. The Labute approximate surface area is 391 Å². The zero-order chi connectivity index (χ0) is 46.8. The summed E-state index contributed by atoms with van der Waals surface area (Å²) in [6.07, 6.45) is 5.02. The number of aromatic nitrogens is 4. The first-order chi connectivity index (χ1) is 32.6. The molecular weight excluding hydrogens is 849 g/mol. The lowest BCUT2D eigenvalue weighted by Crippen LogP contribution is -2.50. The minimum Gasteiger partial charge on any atom is -0.391 e. The van der Waals surface area contributed by atoms with Crippen LogP contribution in [0, 0.1) is 13.8 Å². The number of amides is 4. The molecule has 2 aliphatic heterocycles. The van der Waals surface area contributed by atoms with Gasteiger partial charge in [-0.2, -0.15) is 0 Å². The van der Waals surface area contributed by atoms with E-state index >= 15 is 0 Å². The highest BCUT2D eigenvalue weighted by Gasteiger charge is 2.24. The summed E-state index contributed by atoms with van der Waals surface area (Å²) in [7, 11) is 0. The monoisotopic (exact) mass is 904 g/mol. The highest BCUT2D eigenvalue weighted by atomic mass is 16.6.